The van der Waals surface area contributed by atoms with E-state index in [1.165, 1.54) is 6.20 Å². The molecule has 0 atom stereocenters. The Morgan fingerprint density at radius 1 is 1.25 bits per heavy atom. The maximum atomic E-state index is 12.6. The summed E-state index contributed by atoms with van der Waals surface area (Å²) in [6, 6.07) is 1.93. The standard InChI is InChI=1S/C16H20N6O2/c17-4-8-21-6-2-10(3-7-21)22-13-11-1-5-18-14(11)19-9-12(13)15(23)20-16(22)24/h1,5,9-10H,2-4,6-8,17H2,(H,18,19)(H,20,23,24). The van der Waals surface area contributed by atoms with Gasteiger partial charge < -0.3 is 15.6 Å². The third kappa shape index (κ3) is 2.35. The van der Waals surface area contributed by atoms with Crippen LogP contribution in [-0.2, 0) is 0 Å². The summed E-state index contributed by atoms with van der Waals surface area (Å²) >= 11 is 0. The van der Waals surface area contributed by atoms with Crippen molar-refractivity contribution >= 4 is 21.9 Å². The summed E-state index contributed by atoms with van der Waals surface area (Å²) in [6.07, 6.45) is 5.02. The van der Waals surface area contributed by atoms with E-state index in [1.54, 1.807) is 10.8 Å². The smallest absolute Gasteiger partial charge is 0.329 e. The molecule has 4 rings (SSSR count). The summed E-state index contributed by atoms with van der Waals surface area (Å²) in [5.74, 6) is 0. The Balaban J connectivity index is 1.87. The number of nitrogens with one attached hydrogen (secondary N) is 2. The molecule has 0 radical (unpaired) electrons. The fourth-order valence-corrected chi connectivity index (χ4v) is 3.68. The Morgan fingerprint density at radius 2 is 2.04 bits per heavy atom. The van der Waals surface area contributed by atoms with E-state index in [0.29, 0.717) is 23.1 Å². The molecular weight excluding hydrogens is 308 g/mol. The highest BCUT2D eigenvalue weighted by atomic mass is 16.2. The number of fused-ring (bicyclic) bond motifs is 3. The molecule has 1 saturated heterocycles. The predicted octanol–water partition coefficient (Wildman–Crippen LogP) is 0.162. The first-order chi connectivity index (χ1) is 11.7. The van der Waals surface area contributed by atoms with Crippen LogP contribution in [0.4, 0.5) is 0 Å². The largest absolute Gasteiger partial charge is 0.346 e. The number of H-pyrrole nitrogens is 2. The molecule has 1 fully saturated rings. The maximum Gasteiger partial charge on any atom is 0.329 e. The van der Waals surface area contributed by atoms with Crippen LogP contribution in [-0.4, -0.2) is 50.6 Å². The zero-order chi connectivity index (χ0) is 16.7. The van der Waals surface area contributed by atoms with Gasteiger partial charge in [0.25, 0.3) is 5.56 Å². The van der Waals surface area contributed by atoms with Gasteiger partial charge in [-0.05, 0) is 18.9 Å². The van der Waals surface area contributed by atoms with Gasteiger partial charge in [-0.25, -0.2) is 9.78 Å². The first kappa shape index (κ1) is 15.1. The number of aromatic nitrogens is 4. The van der Waals surface area contributed by atoms with Crippen molar-refractivity contribution in [1.29, 1.82) is 0 Å². The second-order valence-corrected chi connectivity index (χ2v) is 6.25. The molecular formula is C16H20N6O2. The van der Waals surface area contributed by atoms with Crippen LogP contribution < -0.4 is 17.0 Å². The average molecular weight is 328 g/mol. The van der Waals surface area contributed by atoms with Gasteiger partial charge in [-0.2, -0.15) is 0 Å². The van der Waals surface area contributed by atoms with Crippen molar-refractivity contribution in [2.45, 2.75) is 18.9 Å². The molecule has 8 heteroatoms. The van der Waals surface area contributed by atoms with Crippen molar-refractivity contribution in [2.75, 3.05) is 26.2 Å². The van der Waals surface area contributed by atoms with E-state index in [0.717, 1.165) is 37.9 Å². The van der Waals surface area contributed by atoms with Gasteiger partial charge in [-0.3, -0.25) is 14.3 Å². The molecule has 0 unspecified atom stereocenters. The van der Waals surface area contributed by atoms with Gasteiger partial charge in [0.2, 0.25) is 0 Å². The second kappa shape index (κ2) is 5.88. The van der Waals surface area contributed by atoms with Gasteiger partial charge in [0.05, 0.1) is 10.9 Å². The van der Waals surface area contributed by atoms with Gasteiger partial charge in [0.15, 0.2) is 0 Å². The fraction of sp³-hybridized carbons (Fsp3) is 0.438. The first-order valence-corrected chi connectivity index (χ1v) is 8.22. The number of hydrogen-bond donors (Lipinski definition) is 3. The Hall–Kier alpha value is -2.45. The lowest BCUT2D eigenvalue weighted by atomic mass is 10.0. The van der Waals surface area contributed by atoms with Gasteiger partial charge in [-0.15, -0.1) is 0 Å². The van der Waals surface area contributed by atoms with Gasteiger partial charge >= 0.3 is 5.69 Å². The van der Waals surface area contributed by atoms with Crippen LogP contribution >= 0.6 is 0 Å². The van der Waals surface area contributed by atoms with Crippen molar-refractivity contribution in [3.05, 3.63) is 39.3 Å². The third-order valence-corrected chi connectivity index (χ3v) is 4.85. The number of hydrogen-bond acceptors (Lipinski definition) is 5. The van der Waals surface area contributed by atoms with Crippen LogP contribution in [0.5, 0.6) is 0 Å². The van der Waals surface area contributed by atoms with Crippen molar-refractivity contribution in [3.63, 3.8) is 0 Å². The Labute approximate surface area is 137 Å². The van der Waals surface area contributed by atoms with Crippen molar-refractivity contribution < 1.29 is 0 Å². The first-order valence-electron chi connectivity index (χ1n) is 8.22. The minimum Gasteiger partial charge on any atom is -0.346 e. The fourth-order valence-electron chi connectivity index (χ4n) is 3.68. The summed E-state index contributed by atoms with van der Waals surface area (Å²) in [7, 11) is 0. The molecule has 0 saturated carbocycles. The van der Waals surface area contributed by atoms with Crippen LogP contribution in [0.2, 0.25) is 0 Å². The van der Waals surface area contributed by atoms with Crippen LogP contribution in [0.3, 0.4) is 0 Å². The normalized spacial score (nSPS) is 17.0. The molecule has 126 valence electrons. The summed E-state index contributed by atoms with van der Waals surface area (Å²) in [4.78, 5) is 36.8. The summed E-state index contributed by atoms with van der Waals surface area (Å²) in [5, 5.41) is 1.26. The summed E-state index contributed by atoms with van der Waals surface area (Å²) in [6.45, 7) is 3.31. The minimum atomic E-state index is -0.387. The SMILES string of the molecule is NCCN1CCC(n2c(=O)[nH]c(=O)c3cnc4[nH]ccc4c32)CC1. The monoisotopic (exact) mass is 328 g/mol. The van der Waals surface area contributed by atoms with Crippen molar-refractivity contribution in [1.82, 2.24) is 24.4 Å². The Bertz CT molecular complexity index is 993. The van der Waals surface area contributed by atoms with E-state index in [2.05, 4.69) is 19.9 Å². The van der Waals surface area contributed by atoms with Crippen LogP contribution in [0.25, 0.3) is 21.9 Å². The average Bonchev–Trinajstić information content (AvgIpc) is 3.05. The molecule has 1 aliphatic rings. The number of pyridine rings is 1. The van der Waals surface area contributed by atoms with E-state index in [9.17, 15) is 9.59 Å². The summed E-state index contributed by atoms with van der Waals surface area (Å²) < 4.78 is 1.74. The quantitative estimate of drug-likeness (QED) is 0.634. The molecule has 1 aliphatic heterocycles. The number of nitrogens with zero attached hydrogens (tertiary/aromatic N) is 3. The van der Waals surface area contributed by atoms with Crippen LogP contribution in [0, 0.1) is 0 Å². The van der Waals surface area contributed by atoms with Gasteiger partial charge in [0, 0.05) is 50.0 Å². The van der Waals surface area contributed by atoms with Crippen LogP contribution in [0.15, 0.2) is 28.0 Å². The third-order valence-electron chi connectivity index (χ3n) is 4.85. The number of rotatable bonds is 3. The molecule has 4 heterocycles. The molecule has 3 aromatic heterocycles. The molecule has 0 aliphatic carbocycles. The number of likely N-dealkylation sites (tertiary alicyclic amines) is 1. The molecule has 4 N–H and O–H groups in total. The highest BCUT2D eigenvalue weighted by molar-refractivity contribution is 6.01. The second-order valence-electron chi connectivity index (χ2n) is 6.25. The van der Waals surface area contributed by atoms with Gasteiger partial charge in [0.1, 0.15) is 5.65 Å². The molecule has 0 aromatic carbocycles. The number of piperidine rings is 1. The Kier molecular flexibility index (Phi) is 3.70. The summed E-state index contributed by atoms with van der Waals surface area (Å²) in [5.41, 5.74) is 6.24. The molecule has 3 aromatic rings. The van der Waals surface area contributed by atoms with Crippen LogP contribution in [0.1, 0.15) is 18.9 Å². The van der Waals surface area contributed by atoms with Crippen molar-refractivity contribution in [2.24, 2.45) is 5.73 Å². The molecule has 0 bridgehead atoms. The van der Waals surface area contributed by atoms with E-state index in [-0.39, 0.29) is 17.3 Å². The zero-order valence-corrected chi connectivity index (χ0v) is 13.3. The molecule has 8 nitrogen and oxygen atoms in total. The van der Waals surface area contributed by atoms with E-state index >= 15 is 0 Å². The number of nitrogens with two attached hydrogens (primary N) is 1. The van der Waals surface area contributed by atoms with Gasteiger partial charge in [-0.1, -0.05) is 0 Å². The van der Waals surface area contributed by atoms with E-state index in [4.69, 9.17) is 5.73 Å². The minimum absolute atomic E-state index is 0.0615. The topological polar surface area (TPSA) is 113 Å². The van der Waals surface area contributed by atoms with Crippen molar-refractivity contribution in [3.8, 4) is 0 Å². The van der Waals surface area contributed by atoms with E-state index in [1.807, 2.05) is 6.07 Å². The zero-order valence-electron chi connectivity index (χ0n) is 13.3. The lowest BCUT2D eigenvalue weighted by molar-refractivity contribution is 0.190. The highest BCUT2D eigenvalue weighted by Crippen LogP contribution is 2.27. The lowest BCUT2D eigenvalue weighted by Gasteiger charge is -2.33. The van der Waals surface area contributed by atoms with E-state index < -0.39 is 0 Å². The molecule has 0 spiro atoms. The maximum absolute atomic E-state index is 12.6. The number of aromatic amines is 2. The Morgan fingerprint density at radius 3 is 2.79 bits per heavy atom. The lowest BCUT2D eigenvalue weighted by Crippen LogP contribution is -2.41. The predicted molar refractivity (Wildman–Crippen MR) is 92.2 cm³/mol. The molecule has 24 heavy (non-hydrogen) atoms. The highest BCUT2D eigenvalue weighted by Gasteiger charge is 2.24. The molecule has 0 amide bonds.